The van der Waals surface area contributed by atoms with Gasteiger partial charge in [-0.05, 0) is 13.0 Å². The molecular weight excluding hydrogens is 274 g/mol. The lowest BCUT2D eigenvalue weighted by atomic mass is 10.6. The SMILES string of the molecule is CCn1c(CN)nnc1SCc1cn2cccnc2n1. The molecule has 0 bridgehead atoms. The summed E-state index contributed by atoms with van der Waals surface area (Å²) < 4.78 is 3.93. The number of fused-ring (bicyclic) bond motifs is 1. The summed E-state index contributed by atoms with van der Waals surface area (Å²) in [6.45, 7) is 3.27. The number of aromatic nitrogens is 6. The van der Waals surface area contributed by atoms with Gasteiger partial charge >= 0.3 is 0 Å². The van der Waals surface area contributed by atoms with Gasteiger partial charge in [-0.25, -0.2) is 9.97 Å². The summed E-state index contributed by atoms with van der Waals surface area (Å²) in [4.78, 5) is 8.66. The molecule has 0 aliphatic heterocycles. The van der Waals surface area contributed by atoms with Gasteiger partial charge in [-0.3, -0.25) is 4.40 Å². The molecule has 0 saturated carbocycles. The van der Waals surface area contributed by atoms with E-state index in [4.69, 9.17) is 5.73 Å². The van der Waals surface area contributed by atoms with Gasteiger partial charge in [0.15, 0.2) is 5.16 Å². The monoisotopic (exact) mass is 289 g/mol. The summed E-state index contributed by atoms with van der Waals surface area (Å²) in [5.41, 5.74) is 6.61. The number of nitrogens with zero attached hydrogens (tertiary/aromatic N) is 6. The minimum Gasteiger partial charge on any atom is -0.324 e. The largest absolute Gasteiger partial charge is 0.324 e. The quantitative estimate of drug-likeness (QED) is 0.708. The zero-order valence-corrected chi connectivity index (χ0v) is 11.9. The Balaban J connectivity index is 1.77. The van der Waals surface area contributed by atoms with E-state index in [9.17, 15) is 0 Å². The van der Waals surface area contributed by atoms with Gasteiger partial charge in [-0.15, -0.1) is 10.2 Å². The van der Waals surface area contributed by atoms with Crippen LogP contribution in [0.3, 0.4) is 0 Å². The zero-order chi connectivity index (χ0) is 13.9. The molecule has 8 heteroatoms. The molecule has 0 aliphatic carbocycles. The molecule has 3 aromatic rings. The minimum absolute atomic E-state index is 0.402. The molecule has 3 heterocycles. The van der Waals surface area contributed by atoms with Crippen LogP contribution in [0.15, 0.2) is 29.8 Å². The second-order valence-corrected chi connectivity index (χ2v) is 5.14. The minimum atomic E-state index is 0.402. The Morgan fingerprint density at radius 2 is 2.25 bits per heavy atom. The maximum Gasteiger partial charge on any atom is 0.233 e. The van der Waals surface area contributed by atoms with Crippen LogP contribution < -0.4 is 5.73 Å². The maximum absolute atomic E-state index is 5.64. The average molecular weight is 289 g/mol. The van der Waals surface area contributed by atoms with Crippen molar-refractivity contribution in [2.75, 3.05) is 0 Å². The lowest BCUT2D eigenvalue weighted by molar-refractivity contribution is 0.643. The van der Waals surface area contributed by atoms with Crippen LogP contribution in [-0.4, -0.2) is 29.1 Å². The third kappa shape index (κ3) is 2.39. The van der Waals surface area contributed by atoms with Crippen LogP contribution in [0.25, 0.3) is 5.78 Å². The first kappa shape index (κ1) is 13.1. The van der Waals surface area contributed by atoms with Crippen molar-refractivity contribution in [2.24, 2.45) is 5.73 Å². The van der Waals surface area contributed by atoms with Crippen LogP contribution in [0.4, 0.5) is 0 Å². The summed E-state index contributed by atoms with van der Waals surface area (Å²) >= 11 is 1.61. The molecule has 0 unspecified atom stereocenters. The van der Waals surface area contributed by atoms with E-state index in [2.05, 4.69) is 27.1 Å². The Kier molecular flexibility index (Phi) is 3.66. The van der Waals surface area contributed by atoms with E-state index in [0.29, 0.717) is 12.3 Å². The van der Waals surface area contributed by atoms with Crippen molar-refractivity contribution in [1.82, 2.24) is 29.1 Å². The van der Waals surface area contributed by atoms with Crippen molar-refractivity contribution in [1.29, 1.82) is 0 Å². The van der Waals surface area contributed by atoms with Crippen molar-refractivity contribution in [3.63, 3.8) is 0 Å². The molecule has 3 rings (SSSR count). The second-order valence-electron chi connectivity index (χ2n) is 4.20. The smallest absolute Gasteiger partial charge is 0.233 e. The van der Waals surface area contributed by atoms with Gasteiger partial charge in [-0.1, -0.05) is 11.8 Å². The topological polar surface area (TPSA) is 86.9 Å². The molecule has 0 amide bonds. The van der Waals surface area contributed by atoms with Crippen LogP contribution in [0.1, 0.15) is 18.4 Å². The van der Waals surface area contributed by atoms with Gasteiger partial charge in [0.25, 0.3) is 0 Å². The Labute approximate surface area is 120 Å². The number of hydrogen-bond acceptors (Lipinski definition) is 6. The average Bonchev–Trinajstić information content (AvgIpc) is 3.07. The molecular formula is C12H15N7S. The van der Waals surface area contributed by atoms with Crippen molar-refractivity contribution >= 4 is 17.5 Å². The highest BCUT2D eigenvalue weighted by molar-refractivity contribution is 7.98. The number of imidazole rings is 1. The molecule has 3 aromatic heterocycles. The van der Waals surface area contributed by atoms with Crippen LogP contribution in [0.2, 0.25) is 0 Å². The lowest BCUT2D eigenvalue weighted by Gasteiger charge is -2.04. The van der Waals surface area contributed by atoms with Crippen molar-refractivity contribution < 1.29 is 0 Å². The second kappa shape index (κ2) is 5.59. The molecule has 7 nitrogen and oxygen atoms in total. The molecule has 0 aliphatic rings. The zero-order valence-electron chi connectivity index (χ0n) is 11.1. The van der Waals surface area contributed by atoms with Crippen LogP contribution in [0.5, 0.6) is 0 Å². The van der Waals surface area contributed by atoms with Gasteiger partial charge < -0.3 is 10.3 Å². The van der Waals surface area contributed by atoms with Crippen molar-refractivity contribution in [3.8, 4) is 0 Å². The fourth-order valence-electron chi connectivity index (χ4n) is 1.98. The molecule has 0 fully saturated rings. The predicted octanol–water partition coefficient (Wildman–Crippen LogP) is 1.09. The van der Waals surface area contributed by atoms with Gasteiger partial charge in [0, 0.05) is 30.9 Å². The van der Waals surface area contributed by atoms with Gasteiger partial charge in [0.2, 0.25) is 5.78 Å². The third-order valence-corrected chi connectivity index (χ3v) is 3.93. The van der Waals surface area contributed by atoms with Crippen molar-refractivity contribution in [2.45, 2.75) is 30.9 Å². The summed E-state index contributed by atoms with van der Waals surface area (Å²) in [5, 5.41) is 9.14. The number of rotatable bonds is 5. The number of nitrogens with two attached hydrogens (primary N) is 1. The molecule has 20 heavy (non-hydrogen) atoms. The molecule has 0 aromatic carbocycles. The summed E-state index contributed by atoms with van der Waals surface area (Å²) in [7, 11) is 0. The maximum atomic E-state index is 5.64. The lowest BCUT2D eigenvalue weighted by Crippen LogP contribution is -2.08. The first-order valence-corrected chi connectivity index (χ1v) is 7.34. The normalized spacial score (nSPS) is 11.3. The van der Waals surface area contributed by atoms with Crippen LogP contribution >= 0.6 is 11.8 Å². The standard InChI is InChI=1S/C12H15N7S/c1-2-19-10(6-13)16-17-12(19)20-8-9-7-18-5-3-4-14-11(18)15-9/h3-5,7H,2,6,8,13H2,1H3. The van der Waals surface area contributed by atoms with E-state index < -0.39 is 0 Å². The molecule has 0 atom stereocenters. The van der Waals surface area contributed by atoms with Crippen LogP contribution in [0, 0.1) is 0 Å². The Hall–Kier alpha value is -1.93. The Bertz CT molecular complexity index is 684. The molecule has 0 radical (unpaired) electrons. The fraction of sp³-hybridized carbons (Fsp3) is 0.333. The van der Waals surface area contributed by atoms with E-state index in [1.807, 2.05) is 27.4 Å². The van der Waals surface area contributed by atoms with E-state index in [0.717, 1.165) is 29.0 Å². The van der Waals surface area contributed by atoms with Gasteiger partial charge in [-0.2, -0.15) is 0 Å². The summed E-state index contributed by atoms with van der Waals surface area (Å²) in [5.74, 6) is 2.25. The molecule has 0 spiro atoms. The van der Waals surface area contributed by atoms with Gasteiger partial charge in [0.05, 0.1) is 12.2 Å². The fourth-order valence-corrected chi connectivity index (χ4v) is 2.89. The summed E-state index contributed by atoms with van der Waals surface area (Å²) in [6, 6.07) is 1.88. The highest BCUT2D eigenvalue weighted by Gasteiger charge is 2.11. The Morgan fingerprint density at radius 3 is 3.00 bits per heavy atom. The highest BCUT2D eigenvalue weighted by atomic mass is 32.2. The molecule has 2 N–H and O–H groups in total. The first-order valence-electron chi connectivity index (χ1n) is 6.35. The number of thioether (sulfide) groups is 1. The molecule has 104 valence electrons. The molecule has 0 saturated heterocycles. The van der Waals surface area contributed by atoms with E-state index in [1.165, 1.54) is 0 Å². The number of hydrogen-bond donors (Lipinski definition) is 1. The van der Waals surface area contributed by atoms with Gasteiger partial charge in [0.1, 0.15) is 5.82 Å². The van der Waals surface area contributed by atoms with Crippen LogP contribution in [-0.2, 0) is 18.8 Å². The Morgan fingerprint density at radius 1 is 1.35 bits per heavy atom. The first-order chi connectivity index (χ1) is 9.81. The van der Waals surface area contributed by atoms with Crippen molar-refractivity contribution in [3.05, 3.63) is 36.2 Å². The highest BCUT2D eigenvalue weighted by Crippen LogP contribution is 2.21. The summed E-state index contributed by atoms with van der Waals surface area (Å²) in [6.07, 6.45) is 5.65. The third-order valence-electron chi connectivity index (χ3n) is 2.93. The predicted molar refractivity (Wildman–Crippen MR) is 76.1 cm³/mol. The van der Waals surface area contributed by atoms with E-state index in [1.54, 1.807) is 18.0 Å². The van der Waals surface area contributed by atoms with E-state index in [-0.39, 0.29) is 0 Å². The van der Waals surface area contributed by atoms with E-state index >= 15 is 0 Å².